The van der Waals surface area contributed by atoms with Crippen molar-refractivity contribution in [1.29, 1.82) is 0 Å². The summed E-state index contributed by atoms with van der Waals surface area (Å²) in [6.45, 7) is 6.82. The lowest BCUT2D eigenvalue weighted by Crippen LogP contribution is -2.46. The first kappa shape index (κ1) is 18.8. The SMILES string of the molecule is CC(=O)n1cnc(CC(NC(=O)CCN)C(=O)OC(C)(C)C)c1. The second-order valence-corrected chi connectivity index (χ2v) is 6.19. The predicted molar refractivity (Wildman–Crippen MR) is 83.7 cm³/mol. The molecule has 1 heterocycles. The Bertz CT molecular complexity index is 574. The van der Waals surface area contributed by atoms with E-state index in [1.807, 2.05) is 0 Å². The lowest BCUT2D eigenvalue weighted by atomic mass is 10.1. The Morgan fingerprint density at radius 2 is 2.04 bits per heavy atom. The van der Waals surface area contributed by atoms with Gasteiger partial charge in [0.05, 0.1) is 5.69 Å². The van der Waals surface area contributed by atoms with Crippen LogP contribution in [0.4, 0.5) is 0 Å². The summed E-state index contributed by atoms with van der Waals surface area (Å²) in [5, 5.41) is 2.60. The summed E-state index contributed by atoms with van der Waals surface area (Å²) in [7, 11) is 0. The topological polar surface area (TPSA) is 116 Å². The van der Waals surface area contributed by atoms with Gasteiger partial charge in [-0.2, -0.15) is 0 Å². The number of imidazole rings is 1. The van der Waals surface area contributed by atoms with E-state index >= 15 is 0 Å². The van der Waals surface area contributed by atoms with Crippen molar-refractivity contribution in [3.05, 3.63) is 18.2 Å². The largest absolute Gasteiger partial charge is 0.458 e. The molecule has 128 valence electrons. The van der Waals surface area contributed by atoms with Gasteiger partial charge in [-0.25, -0.2) is 9.78 Å². The molecule has 0 saturated heterocycles. The molecule has 1 amide bonds. The molecule has 1 rings (SSSR count). The molecular formula is C15H24N4O4. The molecular weight excluding hydrogens is 300 g/mol. The van der Waals surface area contributed by atoms with Crippen LogP contribution >= 0.6 is 0 Å². The highest BCUT2D eigenvalue weighted by Gasteiger charge is 2.27. The Balaban J connectivity index is 2.86. The average molecular weight is 324 g/mol. The molecule has 23 heavy (non-hydrogen) atoms. The Morgan fingerprint density at radius 1 is 1.39 bits per heavy atom. The summed E-state index contributed by atoms with van der Waals surface area (Å²) < 4.78 is 6.63. The number of ether oxygens (including phenoxy) is 1. The van der Waals surface area contributed by atoms with E-state index in [-0.39, 0.29) is 31.2 Å². The van der Waals surface area contributed by atoms with Gasteiger partial charge in [0.15, 0.2) is 0 Å². The zero-order valence-electron chi connectivity index (χ0n) is 14.0. The number of nitrogens with zero attached hydrogens (tertiary/aromatic N) is 2. The lowest BCUT2D eigenvalue weighted by molar-refractivity contribution is -0.158. The number of hydrogen-bond donors (Lipinski definition) is 2. The van der Waals surface area contributed by atoms with Gasteiger partial charge in [-0.3, -0.25) is 14.2 Å². The van der Waals surface area contributed by atoms with Crippen molar-refractivity contribution in [3.8, 4) is 0 Å². The number of nitrogens with two attached hydrogens (primary N) is 1. The number of nitrogens with one attached hydrogen (secondary N) is 1. The number of amides is 1. The van der Waals surface area contributed by atoms with Crippen molar-refractivity contribution in [2.24, 2.45) is 5.73 Å². The molecule has 0 radical (unpaired) electrons. The molecule has 1 atom stereocenters. The third-order valence-electron chi connectivity index (χ3n) is 2.81. The summed E-state index contributed by atoms with van der Waals surface area (Å²) in [4.78, 5) is 39.4. The Morgan fingerprint density at radius 3 is 2.52 bits per heavy atom. The third kappa shape index (κ3) is 6.60. The van der Waals surface area contributed by atoms with Crippen LogP contribution in [0.1, 0.15) is 44.6 Å². The minimum absolute atomic E-state index is 0.112. The zero-order valence-corrected chi connectivity index (χ0v) is 14.0. The molecule has 0 spiro atoms. The summed E-state index contributed by atoms with van der Waals surface area (Å²) in [5.74, 6) is -1.08. The maximum Gasteiger partial charge on any atom is 0.329 e. The van der Waals surface area contributed by atoms with Gasteiger partial charge in [-0.1, -0.05) is 0 Å². The molecule has 1 aromatic heterocycles. The Hall–Kier alpha value is -2.22. The fraction of sp³-hybridized carbons (Fsp3) is 0.600. The number of aromatic nitrogens is 2. The first-order valence-corrected chi connectivity index (χ1v) is 7.38. The van der Waals surface area contributed by atoms with Gasteiger partial charge in [0, 0.05) is 32.5 Å². The maximum atomic E-state index is 12.3. The zero-order chi connectivity index (χ0) is 17.6. The van der Waals surface area contributed by atoms with Crippen LogP contribution in [0.25, 0.3) is 0 Å². The molecule has 0 bridgehead atoms. The summed E-state index contributed by atoms with van der Waals surface area (Å²) >= 11 is 0. The van der Waals surface area contributed by atoms with Crippen molar-refractivity contribution in [1.82, 2.24) is 14.9 Å². The van der Waals surface area contributed by atoms with E-state index in [0.717, 1.165) is 0 Å². The van der Waals surface area contributed by atoms with Crippen molar-refractivity contribution >= 4 is 17.8 Å². The second-order valence-electron chi connectivity index (χ2n) is 6.19. The molecule has 8 heteroatoms. The van der Waals surface area contributed by atoms with Crippen molar-refractivity contribution in [2.75, 3.05) is 6.54 Å². The first-order chi connectivity index (χ1) is 10.6. The van der Waals surface area contributed by atoms with Gasteiger partial charge < -0.3 is 15.8 Å². The van der Waals surface area contributed by atoms with E-state index in [2.05, 4.69) is 10.3 Å². The highest BCUT2D eigenvalue weighted by Crippen LogP contribution is 2.11. The van der Waals surface area contributed by atoms with Gasteiger partial charge in [0.1, 0.15) is 18.0 Å². The van der Waals surface area contributed by atoms with Crippen LogP contribution in [-0.2, 0) is 20.7 Å². The van der Waals surface area contributed by atoms with E-state index in [1.165, 1.54) is 24.0 Å². The fourth-order valence-electron chi connectivity index (χ4n) is 1.81. The van der Waals surface area contributed by atoms with Crippen LogP contribution < -0.4 is 11.1 Å². The minimum atomic E-state index is -0.886. The molecule has 0 aliphatic carbocycles. The molecule has 3 N–H and O–H groups in total. The van der Waals surface area contributed by atoms with Crippen LogP contribution in [0.2, 0.25) is 0 Å². The average Bonchev–Trinajstić information content (AvgIpc) is 2.85. The van der Waals surface area contributed by atoms with E-state index in [1.54, 1.807) is 20.8 Å². The first-order valence-electron chi connectivity index (χ1n) is 7.38. The number of esters is 1. The number of carbonyl (C=O) groups is 3. The fourth-order valence-corrected chi connectivity index (χ4v) is 1.81. The summed E-state index contributed by atoms with van der Waals surface area (Å²) in [6.07, 6.45) is 3.13. The van der Waals surface area contributed by atoms with Crippen LogP contribution in [0.5, 0.6) is 0 Å². The lowest BCUT2D eigenvalue weighted by Gasteiger charge is -2.24. The second kappa shape index (κ2) is 7.87. The van der Waals surface area contributed by atoms with Gasteiger partial charge >= 0.3 is 5.97 Å². The Labute approximate surface area is 135 Å². The van der Waals surface area contributed by atoms with Crippen LogP contribution in [0, 0.1) is 0 Å². The number of hydrogen-bond acceptors (Lipinski definition) is 6. The van der Waals surface area contributed by atoms with Gasteiger partial charge in [0.2, 0.25) is 11.8 Å². The molecule has 0 aliphatic rings. The van der Waals surface area contributed by atoms with Gasteiger partial charge in [-0.15, -0.1) is 0 Å². The van der Waals surface area contributed by atoms with Crippen LogP contribution in [0.3, 0.4) is 0 Å². The van der Waals surface area contributed by atoms with Gasteiger partial charge in [0.25, 0.3) is 0 Å². The molecule has 0 aromatic carbocycles. The predicted octanol–water partition coefficient (Wildman–Crippen LogP) is 0.261. The van der Waals surface area contributed by atoms with Crippen molar-refractivity contribution < 1.29 is 19.1 Å². The molecule has 8 nitrogen and oxygen atoms in total. The quantitative estimate of drug-likeness (QED) is 0.725. The monoisotopic (exact) mass is 324 g/mol. The summed E-state index contributed by atoms with van der Waals surface area (Å²) in [5.41, 5.74) is 5.17. The normalized spacial score (nSPS) is 12.6. The number of rotatable bonds is 6. The van der Waals surface area contributed by atoms with Crippen molar-refractivity contribution in [2.45, 2.75) is 52.2 Å². The maximum absolute atomic E-state index is 12.3. The van der Waals surface area contributed by atoms with Crippen LogP contribution in [-0.4, -0.2) is 45.5 Å². The van der Waals surface area contributed by atoms with Crippen molar-refractivity contribution in [3.63, 3.8) is 0 Å². The highest BCUT2D eigenvalue weighted by atomic mass is 16.6. The minimum Gasteiger partial charge on any atom is -0.458 e. The molecule has 1 aromatic rings. The number of carbonyl (C=O) groups excluding carboxylic acids is 3. The third-order valence-corrected chi connectivity index (χ3v) is 2.81. The molecule has 0 aliphatic heterocycles. The molecule has 0 saturated carbocycles. The smallest absolute Gasteiger partial charge is 0.329 e. The molecule has 0 fully saturated rings. The van der Waals surface area contributed by atoms with E-state index < -0.39 is 17.6 Å². The van der Waals surface area contributed by atoms with E-state index in [4.69, 9.17) is 10.5 Å². The van der Waals surface area contributed by atoms with Crippen LogP contribution in [0.15, 0.2) is 12.5 Å². The molecule has 1 unspecified atom stereocenters. The standard InChI is InChI=1S/C15H24N4O4/c1-10(20)19-8-11(17-9-19)7-12(18-13(21)5-6-16)14(22)23-15(2,3)4/h8-9,12H,5-7,16H2,1-4H3,(H,18,21). The van der Waals surface area contributed by atoms with E-state index in [0.29, 0.717) is 5.69 Å². The van der Waals surface area contributed by atoms with E-state index in [9.17, 15) is 14.4 Å². The highest BCUT2D eigenvalue weighted by molar-refractivity contribution is 5.85. The Kier molecular flexibility index (Phi) is 6.44. The van der Waals surface area contributed by atoms with Gasteiger partial charge in [-0.05, 0) is 20.8 Å². The summed E-state index contributed by atoms with van der Waals surface area (Å²) in [6, 6.07) is -0.886.